The molecule has 3 rings (SSSR count). The molecule has 1 aromatic heterocycles. The Morgan fingerprint density at radius 3 is 2.43 bits per heavy atom. The highest BCUT2D eigenvalue weighted by molar-refractivity contribution is 6.07. The van der Waals surface area contributed by atoms with Crippen LogP contribution in [0.1, 0.15) is 26.4 Å². The van der Waals surface area contributed by atoms with Crippen molar-refractivity contribution < 1.29 is 14.3 Å². The first kappa shape index (κ1) is 18.6. The Hall–Kier alpha value is -4.18. The van der Waals surface area contributed by atoms with Gasteiger partial charge in [0.25, 0.3) is 11.8 Å². The molecule has 0 fully saturated rings. The molecule has 0 aliphatic carbocycles. The van der Waals surface area contributed by atoms with E-state index < -0.39 is 11.8 Å². The van der Waals surface area contributed by atoms with E-state index >= 15 is 0 Å². The lowest BCUT2D eigenvalue weighted by molar-refractivity contribution is 0.102. The topological polar surface area (TPSA) is 104 Å². The number of nitriles is 1. The van der Waals surface area contributed by atoms with E-state index in [0.29, 0.717) is 22.7 Å². The number of hydrogen-bond acceptors (Lipinski definition) is 5. The number of pyridine rings is 1. The standard InChI is InChI=1S/C21H16N4O3/c1-28-18-7-3-6-17(12-18)25-21(27)19-11-15(8-9-23-19)20(26)24-16-5-2-4-14(10-16)13-22/h2-12H,1H3,(H,24,26)(H,25,27). The number of methoxy groups -OCH3 is 1. The molecule has 7 nitrogen and oxygen atoms in total. The van der Waals surface area contributed by atoms with E-state index in [9.17, 15) is 9.59 Å². The summed E-state index contributed by atoms with van der Waals surface area (Å²) >= 11 is 0. The fraction of sp³-hybridized carbons (Fsp3) is 0.0476. The van der Waals surface area contributed by atoms with Gasteiger partial charge in [-0.2, -0.15) is 5.26 Å². The van der Waals surface area contributed by atoms with Gasteiger partial charge in [0.15, 0.2) is 0 Å². The third-order valence-corrected chi connectivity index (χ3v) is 3.83. The predicted octanol–water partition coefficient (Wildman–Crippen LogP) is 3.47. The van der Waals surface area contributed by atoms with E-state index in [0.717, 1.165) is 0 Å². The van der Waals surface area contributed by atoms with E-state index in [2.05, 4.69) is 15.6 Å². The summed E-state index contributed by atoms with van der Waals surface area (Å²) in [4.78, 5) is 28.9. The molecular weight excluding hydrogens is 356 g/mol. The number of nitrogens with zero attached hydrogens (tertiary/aromatic N) is 2. The number of amides is 2. The summed E-state index contributed by atoms with van der Waals surface area (Å²) in [5, 5.41) is 14.4. The third-order valence-electron chi connectivity index (χ3n) is 3.83. The molecule has 7 heteroatoms. The maximum absolute atomic E-state index is 12.5. The molecule has 2 N–H and O–H groups in total. The van der Waals surface area contributed by atoms with Crippen molar-refractivity contribution in [2.75, 3.05) is 17.7 Å². The van der Waals surface area contributed by atoms with Gasteiger partial charge in [-0.1, -0.05) is 12.1 Å². The Labute approximate surface area is 161 Å². The predicted molar refractivity (Wildman–Crippen MR) is 104 cm³/mol. The van der Waals surface area contributed by atoms with Crippen molar-refractivity contribution in [1.29, 1.82) is 5.26 Å². The summed E-state index contributed by atoms with van der Waals surface area (Å²) < 4.78 is 5.13. The summed E-state index contributed by atoms with van der Waals surface area (Å²) in [5.41, 5.74) is 1.85. The zero-order valence-electron chi connectivity index (χ0n) is 15.0. The lowest BCUT2D eigenvalue weighted by atomic mass is 10.2. The van der Waals surface area contributed by atoms with Gasteiger partial charge in [-0.05, 0) is 42.5 Å². The van der Waals surface area contributed by atoms with Gasteiger partial charge in [0.1, 0.15) is 11.4 Å². The fourth-order valence-corrected chi connectivity index (χ4v) is 2.46. The SMILES string of the molecule is COc1cccc(NC(=O)c2cc(C(=O)Nc3cccc(C#N)c3)ccn2)c1. The van der Waals surface area contributed by atoms with Crippen molar-refractivity contribution in [3.8, 4) is 11.8 Å². The highest BCUT2D eigenvalue weighted by Gasteiger charge is 2.13. The quantitative estimate of drug-likeness (QED) is 0.714. The lowest BCUT2D eigenvalue weighted by Crippen LogP contribution is -2.17. The number of carbonyl (C=O) groups excluding carboxylic acids is 2. The monoisotopic (exact) mass is 372 g/mol. The molecule has 0 unspecified atom stereocenters. The summed E-state index contributed by atoms with van der Waals surface area (Å²) in [6, 6.07) is 18.4. The van der Waals surface area contributed by atoms with E-state index in [1.165, 1.54) is 25.4 Å². The molecule has 138 valence electrons. The summed E-state index contributed by atoms with van der Waals surface area (Å²) in [5.74, 6) is -0.249. The Kier molecular flexibility index (Phi) is 5.63. The van der Waals surface area contributed by atoms with Crippen molar-refractivity contribution >= 4 is 23.2 Å². The zero-order chi connectivity index (χ0) is 19.9. The molecule has 1 heterocycles. The van der Waals surface area contributed by atoms with Crippen LogP contribution < -0.4 is 15.4 Å². The van der Waals surface area contributed by atoms with Crippen LogP contribution in [0.5, 0.6) is 5.75 Å². The smallest absolute Gasteiger partial charge is 0.274 e. The van der Waals surface area contributed by atoms with E-state index in [1.807, 2.05) is 6.07 Å². The highest BCUT2D eigenvalue weighted by atomic mass is 16.5. The fourth-order valence-electron chi connectivity index (χ4n) is 2.46. The van der Waals surface area contributed by atoms with Gasteiger partial charge < -0.3 is 15.4 Å². The number of benzene rings is 2. The second-order valence-corrected chi connectivity index (χ2v) is 5.76. The summed E-state index contributed by atoms with van der Waals surface area (Å²) in [6.45, 7) is 0. The molecule has 3 aromatic rings. The average molecular weight is 372 g/mol. The number of hydrogen-bond donors (Lipinski definition) is 2. The van der Waals surface area contributed by atoms with Gasteiger partial charge in [0.05, 0.1) is 18.7 Å². The van der Waals surface area contributed by atoms with Gasteiger partial charge in [0, 0.05) is 29.2 Å². The van der Waals surface area contributed by atoms with Crippen LogP contribution in [0.2, 0.25) is 0 Å². The van der Waals surface area contributed by atoms with E-state index in [4.69, 9.17) is 10.00 Å². The summed E-state index contributed by atoms with van der Waals surface area (Å²) in [7, 11) is 1.54. The van der Waals surface area contributed by atoms with Crippen molar-refractivity contribution in [3.05, 3.63) is 83.7 Å². The molecule has 0 aliphatic rings. The van der Waals surface area contributed by atoms with Crippen molar-refractivity contribution in [3.63, 3.8) is 0 Å². The first-order chi connectivity index (χ1) is 13.6. The van der Waals surface area contributed by atoms with Crippen LogP contribution in [0.25, 0.3) is 0 Å². The number of aromatic nitrogens is 1. The van der Waals surface area contributed by atoms with Crippen LogP contribution in [0.3, 0.4) is 0 Å². The second-order valence-electron chi connectivity index (χ2n) is 5.76. The lowest BCUT2D eigenvalue weighted by Gasteiger charge is -2.08. The second kappa shape index (κ2) is 8.47. The van der Waals surface area contributed by atoms with Crippen LogP contribution in [-0.2, 0) is 0 Å². The van der Waals surface area contributed by atoms with Gasteiger partial charge in [-0.25, -0.2) is 0 Å². The van der Waals surface area contributed by atoms with Gasteiger partial charge in [0.2, 0.25) is 0 Å². The normalized spacial score (nSPS) is 9.86. The van der Waals surface area contributed by atoms with E-state index in [1.54, 1.807) is 48.5 Å². The van der Waals surface area contributed by atoms with Crippen LogP contribution in [0.15, 0.2) is 66.9 Å². The Morgan fingerprint density at radius 1 is 0.964 bits per heavy atom. The minimum atomic E-state index is -0.450. The molecule has 0 spiro atoms. The van der Waals surface area contributed by atoms with Crippen molar-refractivity contribution in [2.45, 2.75) is 0 Å². The number of anilines is 2. The minimum absolute atomic E-state index is 0.0984. The Balaban J connectivity index is 1.74. The minimum Gasteiger partial charge on any atom is -0.497 e. The molecule has 0 saturated carbocycles. The Bertz CT molecular complexity index is 1070. The van der Waals surface area contributed by atoms with Gasteiger partial charge in [-0.15, -0.1) is 0 Å². The molecule has 2 amide bonds. The van der Waals surface area contributed by atoms with E-state index in [-0.39, 0.29) is 11.3 Å². The molecule has 0 aliphatic heterocycles. The number of nitrogens with one attached hydrogen (secondary N) is 2. The third kappa shape index (κ3) is 4.51. The van der Waals surface area contributed by atoms with Crippen LogP contribution in [0.4, 0.5) is 11.4 Å². The van der Waals surface area contributed by atoms with Gasteiger partial charge >= 0.3 is 0 Å². The summed E-state index contributed by atoms with van der Waals surface area (Å²) in [6.07, 6.45) is 1.39. The molecule has 0 saturated heterocycles. The molecule has 0 atom stereocenters. The molecule has 0 bridgehead atoms. The largest absolute Gasteiger partial charge is 0.497 e. The molecular formula is C21H16N4O3. The maximum Gasteiger partial charge on any atom is 0.274 e. The first-order valence-electron chi connectivity index (χ1n) is 8.32. The van der Waals surface area contributed by atoms with Crippen LogP contribution in [0, 0.1) is 11.3 Å². The zero-order valence-corrected chi connectivity index (χ0v) is 15.0. The maximum atomic E-state index is 12.5. The number of ether oxygens (including phenoxy) is 1. The van der Waals surface area contributed by atoms with Crippen molar-refractivity contribution in [2.24, 2.45) is 0 Å². The van der Waals surface area contributed by atoms with Crippen LogP contribution >= 0.6 is 0 Å². The number of carbonyl (C=O) groups is 2. The Morgan fingerprint density at radius 2 is 1.68 bits per heavy atom. The first-order valence-corrected chi connectivity index (χ1v) is 8.32. The van der Waals surface area contributed by atoms with Crippen LogP contribution in [-0.4, -0.2) is 23.9 Å². The van der Waals surface area contributed by atoms with Crippen molar-refractivity contribution in [1.82, 2.24) is 4.98 Å². The molecule has 2 aromatic carbocycles. The number of rotatable bonds is 5. The molecule has 0 radical (unpaired) electrons. The van der Waals surface area contributed by atoms with Gasteiger partial charge in [-0.3, -0.25) is 14.6 Å². The highest BCUT2D eigenvalue weighted by Crippen LogP contribution is 2.18. The molecule has 28 heavy (non-hydrogen) atoms. The average Bonchev–Trinajstić information content (AvgIpc) is 2.74.